The molecule has 0 bridgehead atoms. The van der Waals surface area contributed by atoms with Crippen LogP contribution in [0.4, 0.5) is 0 Å². The maximum Gasteiger partial charge on any atom is 0.264 e. The van der Waals surface area contributed by atoms with Gasteiger partial charge < -0.3 is 5.11 Å². The van der Waals surface area contributed by atoms with Crippen LogP contribution in [0.2, 0.25) is 19.6 Å². The van der Waals surface area contributed by atoms with Crippen molar-refractivity contribution in [1.82, 2.24) is 4.31 Å². The van der Waals surface area contributed by atoms with Crippen molar-refractivity contribution in [3.63, 3.8) is 0 Å². The smallest absolute Gasteiger partial charge is 0.264 e. The third-order valence-electron chi connectivity index (χ3n) is 5.37. The van der Waals surface area contributed by atoms with Crippen LogP contribution in [-0.2, 0) is 16.6 Å². The molecule has 168 valence electrons. The van der Waals surface area contributed by atoms with E-state index in [1.54, 1.807) is 30.5 Å². The molecule has 32 heavy (non-hydrogen) atoms. The fourth-order valence-electron chi connectivity index (χ4n) is 3.45. The van der Waals surface area contributed by atoms with Crippen molar-refractivity contribution in [3.8, 4) is 0 Å². The molecular weight excluding hydrogens is 434 g/mol. The Hall–Kier alpha value is -2.67. The summed E-state index contributed by atoms with van der Waals surface area (Å²) in [6.07, 6.45) is 0.806. The Morgan fingerprint density at radius 1 is 0.906 bits per heavy atom. The summed E-state index contributed by atoms with van der Waals surface area (Å²) >= 11 is 0. The van der Waals surface area contributed by atoms with Crippen LogP contribution in [-0.4, -0.2) is 25.9 Å². The normalized spacial score (nSPS) is 13.6. The van der Waals surface area contributed by atoms with Crippen LogP contribution in [0.3, 0.4) is 0 Å². The van der Waals surface area contributed by atoms with Crippen molar-refractivity contribution < 1.29 is 13.5 Å². The lowest BCUT2D eigenvalue weighted by atomic mass is 10.1. The first-order chi connectivity index (χ1) is 15.1. The van der Waals surface area contributed by atoms with E-state index in [0.717, 1.165) is 21.9 Å². The number of aliphatic hydroxyl groups excluding tert-OH is 1. The fraction of sp³-hybridized carbons (Fsp3) is 0.231. The molecule has 0 aliphatic heterocycles. The first-order valence-electron chi connectivity index (χ1n) is 10.7. The molecule has 0 amide bonds. The lowest BCUT2D eigenvalue weighted by Gasteiger charge is -2.30. The van der Waals surface area contributed by atoms with Gasteiger partial charge in [-0.05, 0) is 35.4 Å². The Labute approximate surface area is 192 Å². The minimum Gasteiger partial charge on any atom is -0.384 e. The van der Waals surface area contributed by atoms with E-state index < -0.39 is 24.2 Å². The van der Waals surface area contributed by atoms with E-state index in [1.807, 2.05) is 67.6 Å². The molecule has 0 heterocycles. The van der Waals surface area contributed by atoms with E-state index in [1.165, 1.54) is 4.31 Å². The van der Waals surface area contributed by atoms with Gasteiger partial charge in [0.25, 0.3) is 10.0 Å². The highest BCUT2D eigenvalue weighted by molar-refractivity contribution is 7.89. The summed E-state index contributed by atoms with van der Waals surface area (Å²) in [4.78, 5) is 0.236. The maximum atomic E-state index is 13.7. The van der Waals surface area contributed by atoms with Crippen molar-refractivity contribution in [2.45, 2.75) is 44.1 Å². The zero-order valence-corrected chi connectivity index (χ0v) is 20.9. The van der Waals surface area contributed by atoms with Crippen LogP contribution in [0.15, 0.2) is 101 Å². The minimum absolute atomic E-state index is 0.187. The first-order valence-corrected chi connectivity index (χ1v) is 15.6. The second kappa shape index (κ2) is 9.86. The number of nitrogens with zero attached hydrogens (tertiary/aromatic N) is 1. The summed E-state index contributed by atoms with van der Waals surface area (Å²) in [7, 11) is -5.92. The minimum atomic E-state index is -3.82. The van der Waals surface area contributed by atoms with E-state index in [9.17, 15) is 13.5 Å². The molecule has 0 aromatic heterocycles. The van der Waals surface area contributed by atoms with Gasteiger partial charge in [0.15, 0.2) is 0 Å². The lowest BCUT2D eigenvalue weighted by molar-refractivity contribution is 0.220. The maximum absolute atomic E-state index is 13.7. The monoisotopic (exact) mass is 465 g/mol. The average Bonchev–Trinajstić information content (AvgIpc) is 2.77. The Balaban J connectivity index is 2.13. The molecule has 3 rings (SSSR count). The molecule has 1 atom stereocenters. The molecule has 1 N–H and O–H groups in total. The van der Waals surface area contributed by atoms with E-state index >= 15 is 0 Å². The highest BCUT2D eigenvalue weighted by atomic mass is 32.2. The molecule has 3 aromatic carbocycles. The number of hydrogen-bond acceptors (Lipinski definition) is 3. The second-order valence-corrected chi connectivity index (χ2v) is 16.0. The van der Waals surface area contributed by atoms with Crippen LogP contribution in [0.5, 0.6) is 0 Å². The van der Waals surface area contributed by atoms with Crippen LogP contribution < -0.4 is 0 Å². The lowest BCUT2D eigenvalue weighted by Crippen LogP contribution is -2.33. The van der Waals surface area contributed by atoms with Crippen molar-refractivity contribution in [1.29, 1.82) is 0 Å². The predicted molar refractivity (Wildman–Crippen MR) is 133 cm³/mol. The number of rotatable bonds is 8. The number of hydrogen-bond donors (Lipinski definition) is 1. The summed E-state index contributed by atoms with van der Waals surface area (Å²) in [5.41, 5.74) is 2.63. The molecule has 0 spiro atoms. The van der Waals surface area contributed by atoms with Crippen molar-refractivity contribution in [3.05, 3.63) is 113 Å². The molecule has 0 aliphatic rings. The quantitative estimate of drug-likeness (QED) is 0.435. The summed E-state index contributed by atoms with van der Waals surface area (Å²) < 4.78 is 28.8. The SMILES string of the molecule is Cc1ccc(S(=O)(=O)N(/C=C(/C(O)c2ccccc2)[Si](C)(C)C)Cc2ccccc2)cc1. The Kier molecular flexibility index (Phi) is 7.39. The molecule has 0 aliphatic carbocycles. The summed E-state index contributed by atoms with van der Waals surface area (Å²) in [5.74, 6) is 0. The Morgan fingerprint density at radius 3 is 1.97 bits per heavy atom. The van der Waals surface area contributed by atoms with Gasteiger partial charge in [0.1, 0.15) is 0 Å². The van der Waals surface area contributed by atoms with Gasteiger partial charge in [-0.1, -0.05) is 98.0 Å². The van der Waals surface area contributed by atoms with Gasteiger partial charge in [0.05, 0.1) is 25.6 Å². The van der Waals surface area contributed by atoms with Gasteiger partial charge in [-0.3, -0.25) is 4.31 Å². The summed E-state index contributed by atoms with van der Waals surface area (Å²) in [5, 5.41) is 12.0. The third-order valence-corrected chi connectivity index (χ3v) is 9.22. The van der Waals surface area contributed by atoms with E-state index in [2.05, 4.69) is 19.6 Å². The number of benzene rings is 3. The highest BCUT2D eigenvalue weighted by Gasteiger charge is 2.31. The number of sulfonamides is 1. The topological polar surface area (TPSA) is 57.6 Å². The third kappa shape index (κ3) is 5.76. The highest BCUT2D eigenvalue weighted by Crippen LogP contribution is 2.31. The van der Waals surface area contributed by atoms with Gasteiger partial charge in [0.2, 0.25) is 0 Å². The Morgan fingerprint density at radius 2 is 1.44 bits per heavy atom. The molecule has 1 unspecified atom stereocenters. The standard InChI is InChI=1S/C26H31NO3SSi/c1-21-15-17-24(18-16-21)31(29,30)27(19-22-11-7-5-8-12-22)20-25(32(2,3)4)26(28)23-13-9-6-10-14-23/h5-18,20,26,28H,19H2,1-4H3/b25-20-. The van der Waals surface area contributed by atoms with Gasteiger partial charge in [-0.2, -0.15) is 0 Å². The van der Waals surface area contributed by atoms with Crippen LogP contribution >= 0.6 is 0 Å². The second-order valence-electron chi connectivity index (χ2n) is 9.00. The van der Waals surface area contributed by atoms with Crippen LogP contribution in [0, 0.1) is 6.92 Å². The van der Waals surface area contributed by atoms with Crippen LogP contribution in [0.25, 0.3) is 0 Å². The van der Waals surface area contributed by atoms with Gasteiger partial charge in [-0.15, -0.1) is 0 Å². The predicted octanol–water partition coefficient (Wildman–Crippen LogP) is 5.68. The van der Waals surface area contributed by atoms with Gasteiger partial charge in [-0.25, -0.2) is 8.42 Å². The fourth-order valence-corrected chi connectivity index (χ4v) is 6.40. The van der Waals surface area contributed by atoms with Crippen molar-refractivity contribution in [2.75, 3.05) is 0 Å². The number of aliphatic hydroxyl groups is 1. The van der Waals surface area contributed by atoms with E-state index in [4.69, 9.17) is 0 Å². The zero-order valence-electron chi connectivity index (χ0n) is 19.1. The Bertz CT molecular complexity index is 1150. The summed E-state index contributed by atoms with van der Waals surface area (Å²) in [6, 6.07) is 25.8. The molecule has 0 fully saturated rings. The van der Waals surface area contributed by atoms with Crippen molar-refractivity contribution in [2.24, 2.45) is 0 Å². The molecule has 4 nitrogen and oxygen atoms in total. The average molecular weight is 466 g/mol. The van der Waals surface area contributed by atoms with Gasteiger partial charge in [0, 0.05) is 6.20 Å². The molecule has 0 radical (unpaired) electrons. The molecule has 3 aromatic rings. The largest absolute Gasteiger partial charge is 0.384 e. The molecule has 6 heteroatoms. The van der Waals surface area contributed by atoms with E-state index in [-0.39, 0.29) is 11.4 Å². The van der Waals surface area contributed by atoms with Crippen molar-refractivity contribution >= 4 is 18.1 Å². The number of aryl methyl sites for hydroxylation is 1. The zero-order chi connectivity index (χ0) is 23.4. The molecule has 0 saturated heterocycles. The van der Waals surface area contributed by atoms with E-state index in [0.29, 0.717) is 0 Å². The van der Waals surface area contributed by atoms with Crippen LogP contribution in [0.1, 0.15) is 22.8 Å². The summed E-state index contributed by atoms with van der Waals surface area (Å²) in [6.45, 7) is 8.46. The first kappa shape index (κ1) is 24.0. The van der Waals surface area contributed by atoms with Gasteiger partial charge >= 0.3 is 0 Å². The molecular formula is C26H31NO3SSi. The molecule has 0 saturated carbocycles.